The van der Waals surface area contributed by atoms with E-state index in [1.807, 2.05) is 6.92 Å². The number of anilines is 1. The van der Waals surface area contributed by atoms with Crippen LogP contribution in [0.25, 0.3) is 0 Å². The molecule has 0 radical (unpaired) electrons. The Bertz CT molecular complexity index is 761. The van der Waals surface area contributed by atoms with Gasteiger partial charge in [0.15, 0.2) is 0 Å². The molecule has 2 rings (SSSR count). The van der Waals surface area contributed by atoms with Crippen molar-refractivity contribution in [2.75, 3.05) is 25.0 Å². The number of carbonyl (C=O) groups is 2. The van der Waals surface area contributed by atoms with Crippen LogP contribution in [0.15, 0.2) is 29.2 Å². The third-order valence-corrected chi connectivity index (χ3v) is 5.86. The molecule has 1 fully saturated rings. The lowest BCUT2D eigenvalue weighted by atomic mass is 9.96. The molecule has 0 bridgehead atoms. The molecule has 1 aromatic rings. The summed E-state index contributed by atoms with van der Waals surface area (Å²) >= 11 is 0. The molecule has 1 saturated heterocycles. The van der Waals surface area contributed by atoms with Crippen molar-refractivity contribution in [2.45, 2.75) is 37.1 Å². The van der Waals surface area contributed by atoms with E-state index >= 15 is 0 Å². The molecule has 138 valence electrons. The topological polar surface area (TPSA) is 122 Å². The second-order valence-corrected chi connectivity index (χ2v) is 8.28. The van der Waals surface area contributed by atoms with Gasteiger partial charge in [0.05, 0.1) is 17.0 Å². The van der Waals surface area contributed by atoms with Crippen LogP contribution in [-0.4, -0.2) is 49.7 Å². The fourth-order valence-corrected chi connectivity index (χ4v) is 4.05. The number of hydrogen-bond donors (Lipinski definition) is 3. The third kappa shape index (κ3) is 4.56. The van der Waals surface area contributed by atoms with E-state index in [1.54, 1.807) is 19.1 Å². The molecule has 1 aliphatic rings. The van der Waals surface area contributed by atoms with Crippen LogP contribution in [0.3, 0.4) is 0 Å². The molecular formula is C16H24N4O4S. The van der Waals surface area contributed by atoms with Crippen molar-refractivity contribution in [3.63, 3.8) is 0 Å². The quantitative estimate of drug-likeness (QED) is 0.665. The van der Waals surface area contributed by atoms with Gasteiger partial charge in [0.1, 0.15) is 0 Å². The maximum absolute atomic E-state index is 12.7. The molecule has 8 nitrogen and oxygen atoms in total. The molecule has 25 heavy (non-hydrogen) atoms. The van der Waals surface area contributed by atoms with Crippen molar-refractivity contribution < 1.29 is 18.0 Å². The lowest BCUT2D eigenvalue weighted by Gasteiger charge is -2.26. The van der Waals surface area contributed by atoms with Crippen molar-refractivity contribution in [3.05, 3.63) is 24.3 Å². The van der Waals surface area contributed by atoms with E-state index in [9.17, 15) is 18.0 Å². The highest BCUT2D eigenvalue weighted by Crippen LogP contribution is 2.21. The Kier molecular flexibility index (Phi) is 5.81. The van der Waals surface area contributed by atoms with Gasteiger partial charge in [0.2, 0.25) is 21.8 Å². The number of piperazine rings is 1. The highest BCUT2D eigenvalue weighted by atomic mass is 32.2. The summed E-state index contributed by atoms with van der Waals surface area (Å²) in [5, 5.41) is 5.25. The highest BCUT2D eigenvalue weighted by molar-refractivity contribution is 7.89. The lowest BCUT2D eigenvalue weighted by Crippen LogP contribution is -2.49. The van der Waals surface area contributed by atoms with Crippen LogP contribution in [-0.2, 0) is 19.6 Å². The van der Waals surface area contributed by atoms with Crippen molar-refractivity contribution >= 4 is 27.5 Å². The maximum atomic E-state index is 12.7. The van der Waals surface area contributed by atoms with E-state index < -0.39 is 15.6 Å². The van der Waals surface area contributed by atoms with Crippen LogP contribution in [0.4, 0.5) is 5.69 Å². The second-order valence-electron chi connectivity index (χ2n) is 6.34. The van der Waals surface area contributed by atoms with Gasteiger partial charge in [0.25, 0.3) is 0 Å². The predicted molar refractivity (Wildman–Crippen MR) is 94.3 cm³/mol. The third-order valence-electron chi connectivity index (χ3n) is 4.02. The highest BCUT2D eigenvalue weighted by Gasteiger charge is 2.30. The number of amides is 2. The summed E-state index contributed by atoms with van der Waals surface area (Å²) in [7, 11) is -3.81. The van der Waals surface area contributed by atoms with Crippen LogP contribution in [0.2, 0.25) is 0 Å². The van der Waals surface area contributed by atoms with Gasteiger partial charge in [-0.15, -0.1) is 0 Å². The van der Waals surface area contributed by atoms with Crippen molar-refractivity contribution in [3.8, 4) is 0 Å². The Morgan fingerprint density at radius 2 is 2.16 bits per heavy atom. The van der Waals surface area contributed by atoms with Gasteiger partial charge in [0, 0.05) is 18.8 Å². The first-order valence-electron chi connectivity index (χ1n) is 8.14. The zero-order valence-corrected chi connectivity index (χ0v) is 15.2. The molecule has 4 N–H and O–H groups in total. The minimum absolute atomic E-state index is 0.0224. The molecule has 1 aliphatic heterocycles. The van der Waals surface area contributed by atoms with Crippen molar-refractivity contribution in [2.24, 2.45) is 5.73 Å². The van der Waals surface area contributed by atoms with E-state index in [4.69, 9.17) is 5.73 Å². The van der Waals surface area contributed by atoms with E-state index in [0.717, 1.165) is 10.7 Å². The van der Waals surface area contributed by atoms with Crippen molar-refractivity contribution in [1.82, 2.24) is 9.62 Å². The fraction of sp³-hybridized carbons (Fsp3) is 0.500. The summed E-state index contributed by atoms with van der Waals surface area (Å²) in [4.78, 5) is 23.8. The zero-order valence-electron chi connectivity index (χ0n) is 14.4. The van der Waals surface area contributed by atoms with E-state index in [1.165, 1.54) is 12.1 Å². The molecule has 0 aliphatic carbocycles. The van der Waals surface area contributed by atoms with Crippen LogP contribution in [0.5, 0.6) is 0 Å². The summed E-state index contributed by atoms with van der Waals surface area (Å²) in [6.07, 6.45) is 1.27. The van der Waals surface area contributed by atoms with Crippen molar-refractivity contribution in [1.29, 1.82) is 0 Å². The maximum Gasteiger partial charge on any atom is 0.244 e. The largest absolute Gasteiger partial charge is 0.354 e. The number of benzene rings is 1. The number of nitrogens with zero attached hydrogens (tertiary/aromatic N) is 1. The van der Waals surface area contributed by atoms with Gasteiger partial charge in [-0.2, -0.15) is 4.31 Å². The van der Waals surface area contributed by atoms with Gasteiger partial charge < -0.3 is 16.4 Å². The first-order chi connectivity index (χ1) is 11.7. The summed E-state index contributed by atoms with van der Waals surface area (Å²) in [6, 6.07) is 5.95. The zero-order chi connectivity index (χ0) is 18.7. The lowest BCUT2D eigenvalue weighted by molar-refractivity contribution is -0.122. The molecule has 0 spiro atoms. The van der Waals surface area contributed by atoms with E-state index in [2.05, 4.69) is 10.6 Å². The van der Waals surface area contributed by atoms with Gasteiger partial charge >= 0.3 is 0 Å². The molecule has 9 heteroatoms. The smallest absolute Gasteiger partial charge is 0.244 e. The standard InChI is InChI=1S/C16H24N4O4S/c1-3-7-16(2,17)15(22)19-12-5-4-6-13(10-12)25(23,24)20-9-8-18-14(21)11-20/h4-6,10H,3,7-9,11,17H2,1-2H3,(H,18,21)(H,19,22). The molecule has 1 atom stereocenters. The SMILES string of the molecule is CCCC(C)(N)C(=O)Nc1cccc(S(=O)(=O)N2CCNC(=O)C2)c1. The number of sulfonamides is 1. The molecule has 1 unspecified atom stereocenters. The van der Waals surface area contributed by atoms with E-state index in [0.29, 0.717) is 12.1 Å². The normalized spacial score (nSPS) is 18.3. The molecule has 0 saturated carbocycles. The Morgan fingerprint density at radius 1 is 1.44 bits per heavy atom. The molecule has 2 amide bonds. The van der Waals surface area contributed by atoms with Gasteiger partial charge in [-0.25, -0.2) is 8.42 Å². The summed E-state index contributed by atoms with van der Waals surface area (Å²) in [5.41, 5.74) is 5.31. The number of nitrogens with two attached hydrogens (primary N) is 1. The summed E-state index contributed by atoms with van der Waals surface area (Å²) < 4.78 is 26.5. The van der Waals surface area contributed by atoms with Gasteiger partial charge in [-0.3, -0.25) is 9.59 Å². The summed E-state index contributed by atoms with van der Waals surface area (Å²) in [5.74, 6) is -0.709. The minimum Gasteiger partial charge on any atom is -0.354 e. The number of carbonyl (C=O) groups excluding carboxylic acids is 2. The Labute approximate surface area is 147 Å². The Hall–Kier alpha value is -1.97. The Morgan fingerprint density at radius 3 is 2.80 bits per heavy atom. The summed E-state index contributed by atoms with van der Waals surface area (Å²) in [6.45, 7) is 3.84. The molecule has 0 aromatic heterocycles. The van der Waals surface area contributed by atoms with Crippen LogP contribution in [0, 0.1) is 0 Å². The first kappa shape index (κ1) is 19.4. The number of hydrogen-bond acceptors (Lipinski definition) is 5. The first-order valence-corrected chi connectivity index (χ1v) is 9.58. The van der Waals surface area contributed by atoms with Crippen LogP contribution in [0.1, 0.15) is 26.7 Å². The van der Waals surface area contributed by atoms with Gasteiger partial charge in [-0.05, 0) is 31.5 Å². The fourth-order valence-electron chi connectivity index (χ4n) is 2.61. The van der Waals surface area contributed by atoms with Crippen LogP contribution >= 0.6 is 0 Å². The Balaban J connectivity index is 2.21. The van der Waals surface area contributed by atoms with E-state index in [-0.39, 0.29) is 36.3 Å². The molecular weight excluding hydrogens is 344 g/mol. The monoisotopic (exact) mass is 368 g/mol. The number of nitrogens with one attached hydrogen (secondary N) is 2. The average Bonchev–Trinajstić information content (AvgIpc) is 2.55. The van der Waals surface area contributed by atoms with Gasteiger partial charge in [-0.1, -0.05) is 19.4 Å². The molecule has 1 aromatic carbocycles. The second kappa shape index (κ2) is 7.51. The molecule has 1 heterocycles. The number of rotatable bonds is 6. The predicted octanol–water partition coefficient (Wildman–Crippen LogP) is 0.263. The minimum atomic E-state index is -3.81. The van der Waals surface area contributed by atoms with Crippen LogP contribution < -0.4 is 16.4 Å². The average molecular weight is 368 g/mol.